The van der Waals surface area contributed by atoms with Gasteiger partial charge < -0.3 is 15.1 Å². The van der Waals surface area contributed by atoms with Gasteiger partial charge in [-0.2, -0.15) is 5.10 Å². The third-order valence-electron chi connectivity index (χ3n) is 5.64. The van der Waals surface area contributed by atoms with E-state index in [1.807, 2.05) is 12.1 Å². The molecule has 4 rings (SSSR count). The zero-order valence-corrected chi connectivity index (χ0v) is 17.0. The van der Waals surface area contributed by atoms with E-state index in [2.05, 4.69) is 29.2 Å². The van der Waals surface area contributed by atoms with Crippen LogP contribution in [0.3, 0.4) is 0 Å². The van der Waals surface area contributed by atoms with E-state index in [0.29, 0.717) is 24.5 Å². The van der Waals surface area contributed by atoms with Crippen LogP contribution in [0.15, 0.2) is 27.8 Å². The lowest BCUT2D eigenvalue weighted by Crippen LogP contribution is -2.49. The highest BCUT2D eigenvalue weighted by Gasteiger charge is 2.24. The van der Waals surface area contributed by atoms with Gasteiger partial charge in [-0.3, -0.25) is 4.99 Å². The SMILES string of the molecule is CC(C)c1nc2n(n1)CC(NC(=NCCc1ccco1)NC1CCCC1)CC2. The molecule has 0 radical (unpaired) electrons. The van der Waals surface area contributed by atoms with Crippen molar-refractivity contribution in [2.75, 3.05) is 6.54 Å². The molecule has 1 atom stereocenters. The first-order valence-electron chi connectivity index (χ1n) is 10.7. The van der Waals surface area contributed by atoms with Gasteiger partial charge in [0.1, 0.15) is 11.6 Å². The van der Waals surface area contributed by atoms with Gasteiger partial charge in [0, 0.05) is 37.4 Å². The van der Waals surface area contributed by atoms with Crippen LogP contribution in [-0.4, -0.2) is 39.4 Å². The van der Waals surface area contributed by atoms with E-state index in [-0.39, 0.29) is 0 Å². The summed E-state index contributed by atoms with van der Waals surface area (Å²) in [6, 6.07) is 4.79. The third kappa shape index (κ3) is 4.75. The highest BCUT2D eigenvalue weighted by atomic mass is 16.3. The van der Waals surface area contributed by atoms with Gasteiger partial charge in [0.05, 0.1) is 12.8 Å². The highest BCUT2D eigenvalue weighted by Crippen LogP contribution is 2.19. The number of fused-ring (bicyclic) bond motifs is 1. The van der Waals surface area contributed by atoms with Crippen molar-refractivity contribution in [1.82, 2.24) is 25.4 Å². The first-order chi connectivity index (χ1) is 13.7. The molecule has 1 aliphatic carbocycles. The van der Waals surface area contributed by atoms with Crippen molar-refractivity contribution in [3.8, 4) is 0 Å². The summed E-state index contributed by atoms with van der Waals surface area (Å²) < 4.78 is 7.51. The number of guanidine groups is 1. The smallest absolute Gasteiger partial charge is 0.191 e. The van der Waals surface area contributed by atoms with Gasteiger partial charge in [-0.1, -0.05) is 26.7 Å². The predicted octanol–water partition coefficient (Wildman–Crippen LogP) is 3.03. The number of aromatic nitrogens is 3. The molecule has 1 unspecified atom stereocenters. The second-order valence-electron chi connectivity index (χ2n) is 8.29. The molecular weight excluding hydrogens is 352 g/mol. The lowest BCUT2D eigenvalue weighted by Gasteiger charge is -2.27. The molecule has 2 aromatic heterocycles. The molecule has 152 valence electrons. The first kappa shape index (κ1) is 19.0. The standard InChI is InChI=1S/C21H32N6O/c1-15(2)20-25-19-10-9-17(14-27(19)26-20)24-21(23-16-6-3-4-7-16)22-12-11-18-8-5-13-28-18/h5,8,13,15-17H,3-4,6-7,9-12,14H2,1-2H3,(H2,22,23,24). The van der Waals surface area contributed by atoms with Crippen LogP contribution in [0.25, 0.3) is 0 Å². The monoisotopic (exact) mass is 384 g/mol. The van der Waals surface area contributed by atoms with E-state index >= 15 is 0 Å². The van der Waals surface area contributed by atoms with Gasteiger partial charge in [0.25, 0.3) is 0 Å². The van der Waals surface area contributed by atoms with E-state index < -0.39 is 0 Å². The van der Waals surface area contributed by atoms with Crippen LogP contribution in [0.2, 0.25) is 0 Å². The van der Waals surface area contributed by atoms with Crippen LogP contribution in [-0.2, 0) is 19.4 Å². The molecule has 7 nitrogen and oxygen atoms in total. The largest absolute Gasteiger partial charge is 0.469 e. The van der Waals surface area contributed by atoms with Crippen molar-refractivity contribution in [3.05, 3.63) is 35.8 Å². The molecule has 1 fully saturated rings. The average molecular weight is 385 g/mol. The van der Waals surface area contributed by atoms with Crippen molar-refractivity contribution in [2.45, 2.75) is 83.3 Å². The Bertz CT molecular complexity index is 773. The Morgan fingerprint density at radius 3 is 2.82 bits per heavy atom. The van der Waals surface area contributed by atoms with Gasteiger partial charge in [0.15, 0.2) is 11.8 Å². The summed E-state index contributed by atoms with van der Waals surface area (Å²) in [6.45, 7) is 5.85. The van der Waals surface area contributed by atoms with Crippen LogP contribution in [0, 0.1) is 0 Å². The zero-order valence-electron chi connectivity index (χ0n) is 17.0. The maximum Gasteiger partial charge on any atom is 0.191 e. The number of aryl methyl sites for hydroxylation is 1. The van der Waals surface area contributed by atoms with Crippen molar-refractivity contribution < 1.29 is 4.42 Å². The van der Waals surface area contributed by atoms with Gasteiger partial charge in [-0.15, -0.1) is 0 Å². The Kier molecular flexibility index (Phi) is 5.98. The minimum absolute atomic E-state index is 0.325. The molecule has 7 heteroatoms. The molecular formula is C21H32N6O. The van der Waals surface area contributed by atoms with Gasteiger partial charge in [-0.25, -0.2) is 9.67 Å². The van der Waals surface area contributed by atoms with Crippen molar-refractivity contribution in [2.24, 2.45) is 4.99 Å². The summed E-state index contributed by atoms with van der Waals surface area (Å²) in [5, 5.41) is 12.0. The maximum absolute atomic E-state index is 5.43. The molecule has 3 heterocycles. The number of aliphatic imine (C=N–C) groups is 1. The van der Waals surface area contributed by atoms with Crippen LogP contribution in [0.5, 0.6) is 0 Å². The van der Waals surface area contributed by atoms with Crippen molar-refractivity contribution >= 4 is 5.96 Å². The predicted molar refractivity (Wildman–Crippen MR) is 109 cm³/mol. The molecule has 2 aromatic rings. The molecule has 0 spiro atoms. The Morgan fingerprint density at radius 1 is 1.25 bits per heavy atom. The zero-order chi connectivity index (χ0) is 19.3. The minimum Gasteiger partial charge on any atom is -0.469 e. The Hall–Kier alpha value is -2.31. The fraction of sp³-hybridized carbons (Fsp3) is 0.667. The molecule has 1 saturated carbocycles. The molecule has 2 aliphatic rings. The number of nitrogens with one attached hydrogen (secondary N) is 2. The van der Waals surface area contributed by atoms with Crippen LogP contribution < -0.4 is 10.6 Å². The Morgan fingerprint density at radius 2 is 2.07 bits per heavy atom. The Labute approximate surface area is 167 Å². The number of nitrogens with zero attached hydrogens (tertiary/aromatic N) is 4. The quantitative estimate of drug-likeness (QED) is 0.591. The number of furan rings is 1. The second kappa shape index (κ2) is 8.80. The lowest BCUT2D eigenvalue weighted by atomic mass is 10.1. The summed E-state index contributed by atoms with van der Waals surface area (Å²) in [5.74, 6) is 4.34. The van der Waals surface area contributed by atoms with Gasteiger partial charge in [0.2, 0.25) is 0 Å². The molecule has 2 N–H and O–H groups in total. The van der Waals surface area contributed by atoms with Crippen LogP contribution >= 0.6 is 0 Å². The minimum atomic E-state index is 0.325. The number of hydrogen-bond donors (Lipinski definition) is 2. The average Bonchev–Trinajstić information content (AvgIpc) is 3.43. The summed E-state index contributed by atoms with van der Waals surface area (Å²) in [5.41, 5.74) is 0. The maximum atomic E-state index is 5.43. The number of hydrogen-bond acceptors (Lipinski definition) is 4. The molecule has 0 aromatic carbocycles. The molecule has 1 aliphatic heterocycles. The van der Waals surface area contributed by atoms with Gasteiger partial charge >= 0.3 is 0 Å². The highest BCUT2D eigenvalue weighted by molar-refractivity contribution is 5.80. The molecule has 0 bridgehead atoms. The second-order valence-corrected chi connectivity index (χ2v) is 8.29. The molecule has 28 heavy (non-hydrogen) atoms. The summed E-state index contributed by atoms with van der Waals surface area (Å²) >= 11 is 0. The van der Waals surface area contributed by atoms with Crippen molar-refractivity contribution in [1.29, 1.82) is 0 Å². The first-order valence-corrected chi connectivity index (χ1v) is 10.7. The van der Waals surface area contributed by atoms with E-state index in [1.54, 1.807) is 6.26 Å². The summed E-state index contributed by atoms with van der Waals surface area (Å²) in [6.07, 6.45) is 9.63. The fourth-order valence-electron chi connectivity index (χ4n) is 4.01. The third-order valence-corrected chi connectivity index (χ3v) is 5.64. The van der Waals surface area contributed by atoms with Crippen molar-refractivity contribution in [3.63, 3.8) is 0 Å². The van der Waals surface area contributed by atoms with E-state index in [4.69, 9.17) is 19.5 Å². The summed E-state index contributed by atoms with van der Waals surface area (Å²) in [7, 11) is 0. The number of rotatable bonds is 6. The van der Waals surface area contributed by atoms with E-state index in [9.17, 15) is 0 Å². The summed E-state index contributed by atoms with van der Waals surface area (Å²) in [4.78, 5) is 9.53. The molecule has 0 amide bonds. The fourth-order valence-corrected chi connectivity index (χ4v) is 4.01. The normalized spacial score (nSPS) is 20.5. The Balaban J connectivity index is 1.39. The van der Waals surface area contributed by atoms with E-state index in [0.717, 1.165) is 49.2 Å². The van der Waals surface area contributed by atoms with Crippen LogP contribution in [0.4, 0.5) is 0 Å². The van der Waals surface area contributed by atoms with Crippen LogP contribution in [0.1, 0.15) is 69.3 Å². The lowest BCUT2D eigenvalue weighted by molar-refractivity contribution is 0.389. The van der Waals surface area contributed by atoms with E-state index in [1.165, 1.54) is 25.7 Å². The topological polar surface area (TPSA) is 80.3 Å². The molecule has 0 saturated heterocycles. The van der Waals surface area contributed by atoms with Gasteiger partial charge in [-0.05, 0) is 31.4 Å².